The molecule has 0 heterocycles. The van der Waals surface area contributed by atoms with Gasteiger partial charge in [-0.05, 0) is 31.4 Å². The molecule has 1 amide bonds. The van der Waals surface area contributed by atoms with E-state index < -0.39 is 0 Å². The second-order valence-corrected chi connectivity index (χ2v) is 5.41. The van der Waals surface area contributed by atoms with E-state index >= 15 is 0 Å². The van der Waals surface area contributed by atoms with E-state index in [-0.39, 0.29) is 11.8 Å². The summed E-state index contributed by atoms with van der Waals surface area (Å²) in [5.41, 5.74) is 1.63. The first kappa shape index (κ1) is 13.9. The average Bonchev–Trinajstić information content (AvgIpc) is 2.39. The quantitative estimate of drug-likeness (QED) is 0.855. The summed E-state index contributed by atoms with van der Waals surface area (Å²) < 4.78 is 0. The number of anilines is 2. The van der Waals surface area contributed by atoms with Crippen molar-refractivity contribution in [2.75, 3.05) is 24.3 Å². The van der Waals surface area contributed by atoms with Gasteiger partial charge in [-0.3, -0.25) is 4.79 Å². The molecule has 0 radical (unpaired) electrons. The van der Waals surface area contributed by atoms with Crippen LogP contribution in [-0.2, 0) is 4.79 Å². The van der Waals surface area contributed by atoms with E-state index in [1.807, 2.05) is 37.2 Å². The lowest BCUT2D eigenvalue weighted by Crippen LogP contribution is -2.24. The summed E-state index contributed by atoms with van der Waals surface area (Å²) in [6.07, 6.45) is 6.94. The Labute approximate surface area is 119 Å². The molecule has 0 bridgehead atoms. The van der Waals surface area contributed by atoms with Crippen LogP contribution in [0.5, 0.6) is 0 Å². The summed E-state index contributed by atoms with van der Waals surface area (Å²) in [5, 5.41) is 3.65. The van der Waals surface area contributed by atoms with Gasteiger partial charge in [-0.2, -0.15) is 0 Å². The predicted octanol–water partition coefficient (Wildman–Crippen LogP) is 3.70. The van der Waals surface area contributed by atoms with Gasteiger partial charge in [0.1, 0.15) is 0 Å². The van der Waals surface area contributed by atoms with Crippen LogP contribution in [0.25, 0.3) is 0 Å². The lowest BCUT2D eigenvalue weighted by Gasteiger charge is -2.22. The minimum atomic E-state index is 0.0685. The van der Waals surface area contributed by atoms with Crippen LogP contribution in [0, 0.1) is 5.92 Å². The lowest BCUT2D eigenvalue weighted by molar-refractivity contribution is -0.120. The van der Waals surface area contributed by atoms with Crippen molar-refractivity contribution in [1.29, 1.82) is 0 Å². The second-order valence-electron chi connectivity index (χ2n) is 5.00. The predicted molar refractivity (Wildman–Crippen MR) is 80.9 cm³/mol. The summed E-state index contributed by atoms with van der Waals surface area (Å²) in [4.78, 5) is 14.2. The molecule has 0 saturated heterocycles. The molecular weight excluding hydrogens is 260 g/mol. The molecule has 2 rings (SSSR count). The standard InChI is InChI=1S/C15H19ClN2O/c1-18(2)14-12(16)9-6-10-13(14)17-15(19)11-7-4-3-5-8-11/h3-4,6,9-11H,5,7-8H2,1-2H3,(H,17,19). The molecule has 0 aliphatic heterocycles. The third kappa shape index (κ3) is 3.29. The van der Waals surface area contributed by atoms with Crippen LogP contribution in [-0.4, -0.2) is 20.0 Å². The zero-order chi connectivity index (χ0) is 13.8. The molecule has 1 atom stereocenters. The van der Waals surface area contributed by atoms with Gasteiger partial charge in [0, 0.05) is 20.0 Å². The topological polar surface area (TPSA) is 32.3 Å². The number of halogens is 1. The number of carbonyl (C=O) groups excluding carboxylic acids is 1. The molecule has 0 spiro atoms. The third-order valence-electron chi connectivity index (χ3n) is 3.33. The minimum absolute atomic E-state index is 0.0685. The summed E-state index contributed by atoms with van der Waals surface area (Å²) in [7, 11) is 3.83. The van der Waals surface area contributed by atoms with Crippen molar-refractivity contribution in [3.8, 4) is 0 Å². The van der Waals surface area contributed by atoms with Gasteiger partial charge in [-0.25, -0.2) is 0 Å². The fraction of sp³-hybridized carbons (Fsp3) is 0.400. The van der Waals surface area contributed by atoms with Gasteiger partial charge in [0.2, 0.25) is 5.91 Å². The van der Waals surface area contributed by atoms with Crippen LogP contribution in [0.3, 0.4) is 0 Å². The molecule has 0 saturated carbocycles. The van der Waals surface area contributed by atoms with Crippen molar-refractivity contribution in [3.63, 3.8) is 0 Å². The molecule has 0 fully saturated rings. The Morgan fingerprint density at radius 1 is 1.37 bits per heavy atom. The Balaban J connectivity index is 2.16. The van der Waals surface area contributed by atoms with Gasteiger partial charge < -0.3 is 10.2 Å². The molecule has 4 heteroatoms. The highest BCUT2D eigenvalue weighted by molar-refractivity contribution is 6.34. The maximum absolute atomic E-state index is 12.2. The normalized spacial score (nSPS) is 18.2. The van der Waals surface area contributed by atoms with Gasteiger partial charge in [0.15, 0.2) is 0 Å². The van der Waals surface area contributed by atoms with Crippen LogP contribution < -0.4 is 10.2 Å². The number of hydrogen-bond acceptors (Lipinski definition) is 2. The molecule has 1 unspecified atom stereocenters. The Hall–Kier alpha value is -1.48. The third-order valence-corrected chi connectivity index (χ3v) is 3.64. The van der Waals surface area contributed by atoms with Crippen molar-refractivity contribution in [2.45, 2.75) is 19.3 Å². The van der Waals surface area contributed by atoms with Crippen LogP contribution in [0.4, 0.5) is 11.4 Å². The van der Waals surface area contributed by atoms with Gasteiger partial charge in [0.05, 0.1) is 16.4 Å². The van der Waals surface area contributed by atoms with E-state index in [9.17, 15) is 4.79 Å². The van der Waals surface area contributed by atoms with E-state index in [0.717, 1.165) is 30.6 Å². The fourth-order valence-electron chi connectivity index (χ4n) is 2.34. The minimum Gasteiger partial charge on any atom is -0.375 e. The summed E-state index contributed by atoms with van der Waals surface area (Å²) >= 11 is 6.19. The highest BCUT2D eigenvalue weighted by Crippen LogP contribution is 2.33. The Kier molecular flexibility index (Phi) is 4.48. The van der Waals surface area contributed by atoms with Gasteiger partial charge in [-0.15, -0.1) is 0 Å². The van der Waals surface area contributed by atoms with Crippen molar-refractivity contribution in [2.24, 2.45) is 5.92 Å². The SMILES string of the molecule is CN(C)c1c(Cl)cccc1NC(=O)C1CC=CCC1. The van der Waals surface area contributed by atoms with Crippen LogP contribution in [0.15, 0.2) is 30.4 Å². The first-order valence-electron chi connectivity index (χ1n) is 6.51. The molecular formula is C15H19ClN2O. The van der Waals surface area contributed by atoms with Crippen molar-refractivity contribution in [1.82, 2.24) is 0 Å². The van der Waals surface area contributed by atoms with Crippen LogP contribution >= 0.6 is 11.6 Å². The molecule has 102 valence electrons. The molecule has 19 heavy (non-hydrogen) atoms. The van der Waals surface area contributed by atoms with Gasteiger partial charge in [0.25, 0.3) is 0 Å². The Morgan fingerprint density at radius 3 is 2.79 bits per heavy atom. The van der Waals surface area contributed by atoms with E-state index in [2.05, 4.69) is 17.5 Å². The second kappa shape index (κ2) is 6.11. The smallest absolute Gasteiger partial charge is 0.227 e. The highest BCUT2D eigenvalue weighted by atomic mass is 35.5. The number of rotatable bonds is 3. The van der Waals surface area contributed by atoms with Gasteiger partial charge in [-0.1, -0.05) is 29.8 Å². The van der Waals surface area contributed by atoms with E-state index in [0.29, 0.717) is 5.02 Å². The molecule has 1 aliphatic rings. The highest BCUT2D eigenvalue weighted by Gasteiger charge is 2.20. The number of allylic oxidation sites excluding steroid dienone is 2. The monoisotopic (exact) mass is 278 g/mol. The van der Waals surface area contributed by atoms with Gasteiger partial charge >= 0.3 is 0 Å². The maximum Gasteiger partial charge on any atom is 0.227 e. The number of amides is 1. The zero-order valence-corrected chi connectivity index (χ0v) is 12.1. The Bertz CT molecular complexity index is 497. The molecule has 1 aromatic carbocycles. The van der Waals surface area contributed by atoms with E-state index in [1.54, 1.807) is 0 Å². The number of hydrogen-bond donors (Lipinski definition) is 1. The lowest BCUT2D eigenvalue weighted by atomic mass is 9.93. The van der Waals surface area contributed by atoms with Crippen LogP contribution in [0.2, 0.25) is 5.02 Å². The van der Waals surface area contributed by atoms with E-state index in [4.69, 9.17) is 11.6 Å². The van der Waals surface area contributed by atoms with Crippen molar-refractivity contribution >= 4 is 28.9 Å². The first-order chi connectivity index (χ1) is 9.09. The fourth-order valence-corrected chi connectivity index (χ4v) is 2.68. The summed E-state index contributed by atoms with van der Waals surface area (Å²) in [6, 6.07) is 5.57. The Morgan fingerprint density at radius 2 is 2.16 bits per heavy atom. The molecule has 1 N–H and O–H groups in total. The number of benzene rings is 1. The number of nitrogens with zero attached hydrogens (tertiary/aromatic N) is 1. The zero-order valence-electron chi connectivity index (χ0n) is 11.3. The van der Waals surface area contributed by atoms with E-state index in [1.165, 1.54) is 0 Å². The average molecular weight is 279 g/mol. The molecule has 0 aromatic heterocycles. The number of para-hydroxylation sites is 1. The summed E-state index contributed by atoms with van der Waals surface area (Å²) in [5.74, 6) is 0.147. The maximum atomic E-state index is 12.2. The molecule has 1 aliphatic carbocycles. The molecule has 3 nitrogen and oxygen atoms in total. The van der Waals surface area contributed by atoms with Crippen LogP contribution in [0.1, 0.15) is 19.3 Å². The molecule has 1 aromatic rings. The first-order valence-corrected chi connectivity index (χ1v) is 6.89. The van der Waals surface area contributed by atoms with Crippen molar-refractivity contribution < 1.29 is 4.79 Å². The largest absolute Gasteiger partial charge is 0.375 e. The van der Waals surface area contributed by atoms with Crippen molar-refractivity contribution in [3.05, 3.63) is 35.4 Å². The number of nitrogens with one attached hydrogen (secondary N) is 1. The number of carbonyl (C=O) groups is 1. The summed E-state index contributed by atoms with van der Waals surface area (Å²) in [6.45, 7) is 0.